The lowest BCUT2D eigenvalue weighted by molar-refractivity contribution is -0.541. The van der Waals surface area contributed by atoms with Gasteiger partial charge in [-0.1, -0.05) is 13.8 Å². The SMILES string of the molecule is CC(C)(C1CCC(OOCC2CCCC([N+](=O)[O-])C2COO)CC1)C1CCC(OC(=O)C2CCCC([N+](=O)[O-])C2C(=O)O)CC1. The van der Waals surface area contributed by atoms with Gasteiger partial charge in [-0.25, -0.2) is 14.7 Å². The van der Waals surface area contributed by atoms with Crippen LogP contribution in [0.3, 0.4) is 0 Å². The lowest BCUT2D eigenvalue weighted by atomic mass is 9.60. The molecule has 4 saturated carbocycles. The number of hydrogen-bond acceptors (Lipinski definition) is 11. The maximum atomic E-state index is 13.0. The first-order valence-electron chi connectivity index (χ1n) is 16.7. The zero-order valence-electron chi connectivity index (χ0n) is 26.5. The van der Waals surface area contributed by atoms with Crippen LogP contribution in [0.25, 0.3) is 0 Å². The molecule has 6 unspecified atom stereocenters. The number of nitrogens with zero attached hydrogens (tertiary/aromatic N) is 2. The molecule has 256 valence electrons. The molecule has 0 aromatic heterocycles. The Kier molecular flexibility index (Phi) is 12.5. The number of carbonyl (C=O) groups excluding carboxylic acids is 1. The number of hydrogen-bond donors (Lipinski definition) is 2. The van der Waals surface area contributed by atoms with E-state index in [-0.39, 0.29) is 48.1 Å². The van der Waals surface area contributed by atoms with E-state index in [4.69, 9.17) is 19.8 Å². The van der Waals surface area contributed by atoms with Gasteiger partial charge in [0.05, 0.1) is 31.2 Å². The smallest absolute Gasteiger partial charge is 0.314 e. The molecule has 14 nitrogen and oxygen atoms in total. The third kappa shape index (κ3) is 8.69. The van der Waals surface area contributed by atoms with Crippen molar-refractivity contribution < 1.29 is 49.2 Å². The molecule has 0 heterocycles. The highest BCUT2D eigenvalue weighted by molar-refractivity contribution is 5.82. The van der Waals surface area contributed by atoms with Crippen LogP contribution in [0.2, 0.25) is 0 Å². The normalized spacial score (nSPS) is 36.2. The van der Waals surface area contributed by atoms with E-state index in [9.17, 15) is 34.9 Å². The van der Waals surface area contributed by atoms with E-state index < -0.39 is 46.7 Å². The summed E-state index contributed by atoms with van der Waals surface area (Å²) in [6.07, 6.45) is 9.32. The minimum absolute atomic E-state index is 0.0426. The van der Waals surface area contributed by atoms with Crippen LogP contribution < -0.4 is 0 Å². The number of aliphatic carboxylic acids is 1. The van der Waals surface area contributed by atoms with Crippen LogP contribution in [-0.4, -0.2) is 69.7 Å². The van der Waals surface area contributed by atoms with Crippen molar-refractivity contribution in [1.82, 2.24) is 0 Å². The summed E-state index contributed by atoms with van der Waals surface area (Å²) in [6.45, 7) is 4.75. The van der Waals surface area contributed by atoms with Crippen molar-refractivity contribution in [3.8, 4) is 0 Å². The van der Waals surface area contributed by atoms with E-state index in [0.29, 0.717) is 43.9 Å². The number of carbonyl (C=O) groups is 2. The van der Waals surface area contributed by atoms with E-state index in [0.717, 1.165) is 51.4 Å². The molecule has 0 bridgehead atoms. The Bertz CT molecular complexity index is 1020. The van der Waals surface area contributed by atoms with Gasteiger partial charge < -0.3 is 9.84 Å². The molecule has 4 fully saturated rings. The van der Waals surface area contributed by atoms with Gasteiger partial charge in [0.25, 0.3) is 0 Å². The first-order chi connectivity index (χ1) is 21.4. The second-order valence-corrected chi connectivity index (χ2v) is 14.3. The number of nitro groups is 2. The molecular weight excluding hydrogens is 592 g/mol. The Labute approximate surface area is 263 Å². The predicted octanol–water partition coefficient (Wildman–Crippen LogP) is 5.32. The molecule has 45 heavy (non-hydrogen) atoms. The molecule has 0 aromatic rings. The highest BCUT2D eigenvalue weighted by Crippen LogP contribution is 2.49. The molecule has 0 spiro atoms. The Balaban J connectivity index is 1.19. The fraction of sp³-hybridized carbons (Fsp3) is 0.935. The number of rotatable bonds is 13. The Morgan fingerprint density at radius 3 is 1.89 bits per heavy atom. The van der Waals surface area contributed by atoms with Crippen LogP contribution in [-0.2, 0) is 29.0 Å². The Morgan fingerprint density at radius 2 is 1.33 bits per heavy atom. The summed E-state index contributed by atoms with van der Waals surface area (Å²) in [5, 5.41) is 41.5. The van der Waals surface area contributed by atoms with Gasteiger partial charge in [-0.05, 0) is 100 Å². The van der Waals surface area contributed by atoms with Gasteiger partial charge in [0.2, 0.25) is 12.1 Å². The zero-order chi connectivity index (χ0) is 32.7. The third-order valence-electron chi connectivity index (χ3n) is 11.7. The predicted molar refractivity (Wildman–Crippen MR) is 158 cm³/mol. The van der Waals surface area contributed by atoms with Gasteiger partial charge in [-0.3, -0.25) is 35.1 Å². The summed E-state index contributed by atoms with van der Waals surface area (Å²) in [6, 6.07) is -2.03. The van der Waals surface area contributed by atoms with Crippen molar-refractivity contribution >= 4 is 11.9 Å². The van der Waals surface area contributed by atoms with Crippen LogP contribution >= 0.6 is 0 Å². The molecular formula is C31H50N2O12. The summed E-state index contributed by atoms with van der Waals surface area (Å²) in [4.78, 5) is 62.5. The van der Waals surface area contributed by atoms with Crippen molar-refractivity contribution in [2.75, 3.05) is 13.2 Å². The molecule has 14 heteroatoms. The maximum absolute atomic E-state index is 13.0. The molecule has 6 atom stereocenters. The molecule has 0 radical (unpaired) electrons. The summed E-state index contributed by atoms with van der Waals surface area (Å²) in [5.41, 5.74) is 0.0642. The molecule has 0 amide bonds. The van der Waals surface area contributed by atoms with Gasteiger partial charge in [-0.2, -0.15) is 0 Å². The average molecular weight is 643 g/mol. The minimum Gasteiger partial charge on any atom is -0.481 e. The molecule has 2 N–H and O–H groups in total. The fourth-order valence-electron chi connectivity index (χ4n) is 8.78. The molecule has 0 aliphatic heterocycles. The largest absolute Gasteiger partial charge is 0.481 e. The summed E-state index contributed by atoms with van der Waals surface area (Å²) >= 11 is 0. The molecule has 4 aliphatic rings. The van der Waals surface area contributed by atoms with Crippen molar-refractivity contribution in [3.63, 3.8) is 0 Å². The number of esters is 1. The monoisotopic (exact) mass is 642 g/mol. The van der Waals surface area contributed by atoms with Crippen LogP contribution in [0, 0.1) is 61.2 Å². The first kappa shape index (κ1) is 35.4. The second kappa shape index (κ2) is 15.9. The van der Waals surface area contributed by atoms with Crippen LogP contribution in [0.4, 0.5) is 0 Å². The number of carboxylic acid groups (broad SMARTS) is 1. The topological polar surface area (TPSA) is 198 Å². The summed E-state index contributed by atoms with van der Waals surface area (Å²) in [5.74, 6) is -3.88. The Morgan fingerprint density at radius 1 is 0.778 bits per heavy atom. The van der Waals surface area contributed by atoms with E-state index in [1.807, 2.05) is 0 Å². The zero-order valence-corrected chi connectivity index (χ0v) is 26.5. The van der Waals surface area contributed by atoms with Gasteiger partial charge in [0.1, 0.15) is 12.0 Å². The summed E-state index contributed by atoms with van der Waals surface area (Å²) < 4.78 is 5.77. The third-order valence-corrected chi connectivity index (χ3v) is 11.7. The van der Waals surface area contributed by atoms with Gasteiger partial charge in [-0.15, -0.1) is 0 Å². The fourth-order valence-corrected chi connectivity index (χ4v) is 8.78. The van der Waals surface area contributed by atoms with Crippen molar-refractivity contribution in [2.24, 2.45) is 40.9 Å². The average Bonchev–Trinajstić information content (AvgIpc) is 3.01. The summed E-state index contributed by atoms with van der Waals surface area (Å²) in [7, 11) is 0. The van der Waals surface area contributed by atoms with Crippen LogP contribution in [0.15, 0.2) is 0 Å². The first-order valence-corrected chi connectivity index (χ1v) is 16.7. The molecule has 0 saturated heterocycles. The highest BCUT2D eigenvalue weighted by Gasteiger charge is 2.50. The number of ether oxygens (including phenoxy) is 1. The standard InChI is InChI=1S/C31H50N2O12/c1-31(2,20-9-13-22(14-10-20)44-30(36)24-6-4-8-27(33(39)40)28(24)29(34)35)21-11-15-23(16-12-21)45-43-17-19-5-3-7-26(32(37)38)25(19)18-42-41/h19-28,41H,3-18H2,1-2H3,(H,34,35). The van der Waals surface area contributed by atoms with Crippen molar-refractivity contribution in [2.45, 2.75) is 128 Å². The Hall–Kier alpha value is -2.42. The van der Waals surface area contributed by atoms with Crippen LogP contribution in [0.1, 0.15) is 104 Å². The van der Waals surface area contributed by atoms with Gasteiger partial charge in [0, 0.05) is 22.7 Å². The van der Waals surface area contributed by atoms with Gasteiger partial charge >= 0.3 is 11.9 Å². The van der Waals surface area contributed by atoms with E-state index >= 15 is 0 Å². The minimum atomic E-state index is -1.35. The van der Waals surface area contributed by atoms with E-state index in [1.54, 1.807) is 0 Å². The molecule has 0 aromatic carbocycles. The van der Waals surface area contributed by atoms with Crippen molar-refractivity contribution in [3.05, 3.63) is 20.2 Å². The van der Waals surface area contributed by atoms with Gasteiger partial charge in [0.15, 0.2) is 0 Å². The van der Waals surface area contributed by atoms with Crippen molar-refractivity contribution in [1.29, 1.82) is 0 Å². The second-order valence-electron chi connectivity index (χ2n) is 14.3. The quantitative estimate of drug-likeness (QED) is 0.114. The van der Waals surface area contributed by atoms with E-state index in [2.05, 4.69) is 18.7 Å². The maximum Gasteiger partial charge on any atom is 0.314 e. The van der Waals surface area contributed by atoms with Crippen LogP contribution in [0.5, 0.6) is 0 Å². The highest BCUT2D eigenvalue weighted by atomic mass is 17.2. The van der Waals surface area contributed by atoms with E-state index in [1.165, 1.54) is 0 Å². The lowest BCUT2D eigenvalue weighted by Crippen LogP contribution is -2.46. The molecule has 4 aliphatic carbocycles. The number of carboxylic acids is 1. The molecule has 4 rings (SSSR count). The lowest BCUT2D eigenvalue weighted by Gasteiger charge is -2.46.